The lowest BCUT2D eigenvalue weighted by atomic mass is 9.74. The molecule has 1 aliphatic carbocycles. The summed E-state index contributed by atoms with van der Waals surface area (Å²) in [5.41, 5.74) is 1.39. The lowest BCUT2D eigenvalue weighted by Crippen LogP contribution is -2.57. The number of nitrogens with one attached hydrogen (secondary N) is 2. The van der Waals surface area contributed by atoms with Crippen LogP contribution in [0.15, 0.2) is 18.2 Å². The van der Waals surface area contributed by atoms with Crippen LogP contribution in [-0.2, 0) is 4.79 Å². The molecule has 2 aliphatic rings. The minimum atomic E-state index is -0.363. The number of hydrogen-bond acceptors (Lipinski definition) is 2. The summed E-state index contributed by atoms with van der Waals surface area (Å²) in [6, 6.07) is 5.46. The van der Waals surface area contributed by atoms with Gasteiger partial charge in [0.2, 0.25) is 5.91 Å². The molecule has 3 nitrogen and oxygen atoms in total. The molecule has 2 N–H and O–H groups in total. The zero-order valence-corrected chi connectivity index (χ0v) is 8.90. The first-order chi connectivity index (χ1) is 7.20. The third-order valence-corrected chi connectivity index (χ3v) is 3.48. The van der Waals surface area contributed by atoms with Gasteiger partial charge in [0.05, 0.1) is 11.4 Å². The van der Waals surface area contributed by atoms with Crippen molar-refractivity contribution < 1.29 is 4.79 Å². The van der Waals surface area contributed by atoms with Crippen molar-refractivity contribution in [3.8, 4) is 0 Å². The van der Waals surface area contributed by atoms with Crippen LogP contribution in [0.5, 0.6) is 0 Å². The molecule has 1 saturated carbocycles. The van der Waals surface area contributed by atoms with Gasteiger partial charge in [-0.1, -0.05) is 11.6 Å². The smallest absolute Gasteiger partial charge is 0.250 e. The first kappa shape index (κ1) is 9.04. The fraction of sp³-hybridized carbons (Fsp3) is 0.364. The van der Waals surface area contributed by atoms with E-state index in [0.29, 0.717) is 5.02 Å². The molecular formula is C11H11ClN2O. The Bertz CT molecular complexity index is 440. The van der Waals surface area contributed by atoms with Gasteiger partial charge in [0.15, 0.2) is 0 Å². The SMILES string of the molecule is O=C1Nc2ccc(Cl)cc2NC12CCC2. The van der Waals surface area contributed by atoms with E-state index in [4.69, 9.17) is 11.6 Å². The van der Waals surface area contributed by atoms with Crippen LogP contribution in [0.25, 0.3) is 0 Å². The predicted octanol–water partition coefficient (Wildman–Crippen LogP) is 2.63. The van der Waals surface area contributed by atoms with Gasteiger partial charge in [0.25, 0.3) is 0 Å². The van der Waals surface area contributed by atoms with E-state index in [0.717, 1.165) is 30.6 Å². The summed E-state index contributed by atoms with van der Waals surface area (Å²) in [6.07, 6.45) is 2.92. The van der Waals surface area contributed by atoms with Crippen molar-refractivity contribution in [3.63, 3.8) is 0 Å². The van der Waals surface area contributed by atoms with Crippen molar-refractivity contribution in [3.05, 3.63) is 23.2 Å². The van der Waals surface area contributed by atoms with Crippen molar-refractivity contribution >= 4 is 28.9 Å². The van der Waals surface area contributed by atoms with Crippen molar-refractivity contribution in [2.75, 3.05) is 10.6 Å². The van der Waals surface area contributed by atoms with Crippen LogP contribution in [0, 0.1) is 0 Å². The molecule has 0 atom stereocenters. The van der Waals surface area contributed by atoms with Gasteiger partial charge >= 0.3 is 0 Å². The summed E-state index contributed by atoms with van der Waals surface area (Å²) in [6.45, 7) is 0. The zero-order valence-electron chi connectivity index (χ0n) is 8.14. The molecule has 1 amide bonds. The number of halogens is 1. The molecule has 4 heteroatoms. The third kappa shape index (κ3) is 1.23. The molecule has 0 saturated heterocycles. The zero-order chi connectivity index (χ0) is 10.5. The second-order valence-corrected chi connectivity index (χ2v) is 4.64. The number of anilines is 2. The molecule has 1 heterocycles. The minimum Gasteiger partial charge on any atom is -0.369 e. The molecule has 1 fully saturated rings. The first-order valence-electron chi connectivity index (χ1n) is 5.09. The van der Waals surface area contributed by atoms with Crippen LogP contribution in [-0.4, -0.2) is 11.4 Å². The van der Waals surface area contributed by atoms with Gasteiger partial charge in [0, 0.05) is 5.02 Å². The molecule has 0 radical (unpaired) electrons. The van der Waals surface area contributed by atoms with Crippen LogP contribution in [0.4, 0.5) is 11.4 Å². The summed E-state index contributed by atoms with van der Waals surface area (Å²) < 4.78 is 0. The van der Waals surface area contributed by atoms with E-state index in [9.17, 15) is 4.79 Å². The molecule has 0 unspecified atom stereocenters. The molecule has 1 aliphatic heterocycles. The Morgan fingerprint density at radius 3 is 2.73 bits per heavy atom. The van der Waals surface area contributed by atoms with Crippen LogP contribution >= 0.6 is 11.6 Å². The van der Waals surface area contributed by atoms with Crippen LogP contribution in [0.3, 0.4) is 0 Å². The standard InChI is InChI=1S/C11H11ClN2O/c12-7-2-3-8-9(6-7)14-11(4-1-5-11)10(15)13-8/h2-3,6,14H,1,4-5H2,(H,13,15). The van der Waals surface area contributed by atoms with E-state index < -0.39 is 0 Å². The fourth-order valence-corrected chi connectivity index (χ4v) is 2.34. The predicted molar refractivity (Wildman–Crippen MR) is 60.3 cm³/mol. The van der Waals surface area contributed by atoms with E-state index in [1.54, 1.807) is 6.07 Å². The number of benzene rings is 1. The van der Waals surface area contributed by atoms with Crippen molar-refractivity contribution in [1.82, 2.24) is 0 Å². The maximum atomic E-state index is 11.8. The number of amides is 1. The molecular weight excluding hydrogens is 212 g/mol. The molecule has 1 aromatic rings. The second kappa shape index (κ2) is 2.89. The Labute approximate surface area is 92.8 Å². The average Bonchev–Trinajstić information content (AvgIpc) is 2.15. The van der Waals surface area contributed by atoms with Crippen LogP contribution in [0.1, 0.15) is 19.3 Å². The van der Waals surface area contributed by atoms with Gasteiger partial charge in [-0.3, -0.25) is 4.79 Å². The van der Waals surface area contributed by atoms with Gasteiger partial charge in [-0.25, -0.2) is 0 Å². The van der Waals surface area contributed by atoms with Crippen LogP contribution < -0.4 is 10.6 Å². The third-order valence-electron chi connectivity index (χ3n) is 3.25. The number of carbonyl (C=O) groups excluding carboxylic acids is 1. The minimum absolute atomic E-state index is 0.0866. The van der Waals surface area contributed by atoms with E-state index in [1.807, 2.05) is 12.1 Å². The van der Waals surface area contributed by atoms with E-state index in [2.05, 4.69) is 10.6 Å². The van der Waals surface area contributed by atoms with Crippen molar-refractivity contribution in [2.24, 2.45) is 0 Å². The maximum absolute atomic E-state index is 11.8. The fourth-order valence-electron chi connectivity index (χ4n) is 2.17. The highest BCUT2D eigenvalue weighted by atomic mass is 35.5. The Hall–Kier alpha value is -1.22. The molecule has 1 spiro atoms. The van der Waals surface area contributed by atoms with Gasteiger partial charge in [-0.15, -0.1) is 0 Å². The molecule has 0 aromatic heterocycles. The number of fused-ring (bicyclic) bond motifs is 1. The Balaban J connectivity index is 2.03. The van der Waals surface area contributed by atoms with Crippen molar-refractivity contribution in [1.29, 1.82) is 0 Å². The highest BCUT2D eigenvalue weighted by Gasteiger charge is 2.46. The lowest BCUT2D eigenvalue weighted by Gasteiger charge is -2.44. The Kier molecular flexibility index (Phi) is 1.74. The normalized spacial score (nSPS) is 21.3. The van der Waals surface area contributed by atoms with Gasteiger partial charge in [-0.2, -0.15) is 0 Å². The highest BCUT2D eigenvalue weighted by Crippen LogP contribution is 2.42. The monoisotopic (exact) mass is 222 g/mol. The topological polar surface area (TPSA) is 41.1 Å². The van der Waals surface area contributed by atoms with Crippen LogP contribution in [0.2, 0.25) is 5.02 Å². The Morgan fingerprint density at radius 1 is 1.27 bits per heavy atom. The van der Waals surface area contributed by atoms with Gasteiger partial charge in [0.1, 0.15) is 5.54 Å². The van der Waals surface area contributed by atoms with Gasteiger partial charge < -0.3 is 10.6 Å². The molecule has 0 bridgehead atoms. The summed E-state index contributed by atoms with van der Waals surface area (Å²) in [4.78, 5) is 11.8. The highest BCUT2D eigenvalue weighted by molar-refractivity contribution is 6.31. The quantitative estimate of drug-likeness (QED) is 0.709. The molecule has 3 rings (SSSR count). The van der Waals surface area contributed by atoms with E-state index >= 15 is 0 Å². The van der Waals surface area contributed by atoms with Crippen molar-refractivity contribution in [2.45, 2.75) is 24.8 Å². The van der Waals surface area contributed by atoms with E-state index in [1.165, 1.54) is 0 Å². The molecule has 78 valence electrons. The molecule has 15 heavy (non-hydrogen) atoms. The molecule has 1 aromatic carbocycles. The van der Waals surface area contributed by atoms with E-state index in [-0.39, 0.29) is 11.4 Å². The van der Waals surface area contributed by atoms with Gasteiger partial charge in [-0.05, 0) is 37.5 Å². The first-order valence-corrected chi connectivity index (χ1v) is 5.47. The number of rotatable bonds is 0. The summed E-state index contributed by atoms with van der Waals surface area (Å²) >= 11 is 5.91. The average molecular weight is 223 g/mol. The number of carbonyl (C=O) groups is 1. The lowest BCUT2D eigenvalue weighted by molar-refractivity contribution is -0.123. The largest absolute Gasteiger partial charge is 0.369 e. The Morgan fingerprint density at radius 2 is 2.07 bits per heavy atom. The maximum Gasteiger partial charge on any atom is 0.250 e. The summed E-state index contributed by atoms with van der Waals surface area (Å²) in [7, 11) is 0. The number of hydrogen-bond donors (Lipinski definition) is 2. The summed E-state index contributed by atoms with van der Waals surface area (Å²) in [5, 5.41) is 6.91. The second-order valence-electron chi connectivity index (χ2n) is 4.20. The summed E-state index contributed by atoms with van der Waals surface area (Å²) in [5.74, 6) is 0.0866.